The molecular formula is C21H16F3N3O2S. The maximum Gasteiger partial charge on any atom is 0.416 e. The number of aromatic nitrogens is 2. The normalized spacial score (nSPS) is 11.6. The van der Waals surface area contributed by atoms with Gasteiger partial charge in [-0.1, -0.05) is 12.1 Å². The molecule has 154 valence electrons. The van der Waals surface area contributed by atoms with E-state index in [9.17, 15) is 18.0 Å². The van der Waals surface area contributed by atoms with Crippen LogP contribution in [0.25, 0.3) is 21.5 Å². The molecule has 0 radical (unpaired) electrons. The summed E-state index contributed by atoms with van der Waals surface area (Å²) < 4.78 is 45.0. The van der Waals surface area contributed by atoms with Crippen LogP contribution < -0.4 is 10.1 Å². The van der Waals surface area contributed by atoms with Gasteiger partial charge in [-0.25, -0.2) is 0 Å². The SMILES string of the molecule is COc1cccc(-c2nn(C)c3sc(C(=O)Nc4ccc(C(F)(F)F)cc4)cc23)c1. The van der Waals surface area contributed by atoms with Gasteiger partial charge in [0.1, 0.15) is 16.3 Å². The maximum absolute atomic E-state index is 12.7. The van der Waals surface area contributed by atoms with Crippen molar-refractivity contribution in [1.82, 2.24) is 9.78 Å². The Bertz CT molecular complexity index is 1230. The number of carbonyl (C=O) groups is 1. The molecule has 0 saturated carbocycles. The summed E-state index contributed by atoms with van der Waals surface area (Å²) in [6.07, 6.45) is -4.42. The number of amides is 1. The first-order chi connectivity index (χ1) is 14.3. The zero-order chi connectivity index (χ0) is 21.5. The van der Waals surface area contributed by atoms with Crippen LogP contribution in [0.3, 0.4) is 0 Å². The van der Waals surface area contributed by atoms with E-state index in [0.29, 0.717) is 10.6 Å². The van der Waals surface area contributed by atoms with Gasteiger partial charge in [0.15, 0.2) is 0 Å². The number of thiophene rings is 1. The number of nitrogens with zero attached hydrogens (tertiary/aromatic N) is 2. The van der Waals surface area contributed by atoms with E-state index in [-0.39, 0.29) is 5.69 Å². The summed E-state index contributed by atoms with van der Waals surface area (Å²) in [4.78, 5) is 13.9. The quantitative estimate of drug-likeness (QED) is 0.459. The number of aryl methyl sites for hydroxylation is 1. The van der Waals surface area contributed by atoms with Crippen LogP contribution in [0, 0.1) is 0 Å². The lowest BCUT2D eigenvalue weighted by Crippen LogP contribution is -2.11. The average molecular weight is 431 g/mol. The summed E-state index contributed by atoms with van der Waals surface area (Å²) >= 11 is 1.26. The van der Waals surface area contributed by atoms with Gasteiger partial charge in [-0.3, -0.25) is 9.48 Å². The van der Waals surface area contributed by atoms with E-state index in [1.54, 1.807) is 24.9 Å². The Morgan fingerprint density at radius 1 is 1.13 bits per heavy atom. The van der Waals surface area contributed by atoms with Crippen molar-refractivity contribution in [2.24, 2.45) is 7.05 Å². The first kappa shape index (κ1) is 20.0. The van der Waals surface area contributed by atoms with E-state index in [4.69, 9.17) is 4.74 Å². The number of fused-ring (bicyclic) bond motifs is 1. The molecule has 0 aliphatic heterocycles. The van der Waals surface area contributed by atoms with Gasteiger partial charge in [-0.15, -0.1) is 11.3 Å². The van der Waals surface area contributed by atoms with Crippen LogP contribution in [0.1, 0.15) is 15.2 Å². The Morgan fingerprint density at radius 3 is 2.53 bits per heavy atom. The molecule has 0 aliphatic carbocycles. The lowest BCUT2D eigenvalue weighted by atomic mass is 10.1. The van der Waals surface area contributed by atoms with Gasteiger partial charge < -0.3 is 10.1 Å². The summed E-state index contributed by atoms with van der Waals surface area (Å²) in [5, 5.41) is 8.00. The van der Waals surface area contributed by atoms with Crippen molar-refractivity contribution in [3.05, 3.63) is 65.0 Å². The van der Waals surface area contributed by atoms with E-state index in [0.717, 1.165) is 33.6 Å². The summed E-state index contributed by atoms with van der Waals surface area (Å²) in [5.41, 5.74) is 1.09. The topological polar surface area (TPSA) is 56.2 Å². The molecule has 0 saturated heterocycles. The predicted molar refractivity (Wildman–Crippen MR) is 110 cm³/mol. The Hall–Kier alpha value is -3.33. The van der Waals surface area contributed by atoms with Crippen molar-refractivity contribution >= 4 is 33.1 Å². The summed E-state index contributed by atoms with van der Waals surface area (Å²) in [6, 6.07) is 13.5. The highest BCUT2D eigenvalue weighted by atomic mass is 32.1. The minimum Gasteiger partial charge on any atom is -0.497 e. The average Bonchev–Trinajstić information content (AvgIpc) is 3.28. The number of hydrogen-bond acceptors (Lipinski definition) is 4. The monoisotopic (exact) mass is 431 g/mol. The Kier molecular flexibility index (Phi) is 4.98. The van der Waals surface area contributed by atoms with Gasteiger partial charge >= 0.3 is 6.18 Å². The van der Waals surface area contributed by atoms with Crippen molar-refractivity contribution in [3.8, 4) is 17.0 Å². The molecule has 2 aromatic heterocycles. The maximum atomic E-state index is 12.7. The largest absolute Gasteiger partial charge is 0.497 e. The van der Waals surface area contributed by atoms with E-state index in [1.165, 1.54) is 23.5 Å². The van der Waals surface area contributed by atoms with Crippen molar-refractivity contribution < 1.29 is 22.7 Å². The van der Waals surface area contributed by atoms with Crippen LogP contribution in [0.2, 0.25) is 0 Å². The zero-order valence-electron chi connectivity index (χ0n) is 15.9. The standard InChI is InChI=1S/C21H16F3N3O2S/c1-27-20-16(18(26-27)12-4-3-5-15(10-12)29-2)11-17(30-20)19(28)25-14-8-6-13(7-9-14)21(22,23)24/h3-11H,1-2H3,(H,25,28). The predicted octanol–water partition coefficient (Wildman–Crippen LogP) is 5.58. The molecule has 30 heavy (non-hydrogen) atoms. The number of alkyl halides is 3. The second-order valence-corrected chi connectivity index (χ2v) is 7.59. The number of rotatable bonds is 4. The van der Waals surface area contributed by atoms with Crippen molar-refractivity contribution in [1.29, 1.82) is 0 Å². The Morgan fingerprint density at radius 2 is 1.87 bits per heavy atom. The fourth-order valence-electron chi connectivity index (χ4n) is 3.07. The fraction of sp³-hybridized carbons (Fsp3) is 0.143. The number of ether oxygens (including phenoxy) is 1. The molecule has 9 heteroatoms. The first-order valence-corrected chi connectivity index (χ1v) is 9.67. The van der Waals surface area contributed by atoms with E-state index in [2.05, 4.69) is 10.4 Å². The number of anilines is 1. The lowest BCUT2D eigenvalue weighted by molar-refractivity contribution is -0.137. The van der Waals surface area contributed by atoms with Crippen LogP contribution in [0.15, 0.2) is 54.6 Å². The molecule has 0 spiro atoms. The van der Waals surface area contributed by atoms with Crippen molar-refractivity contribution in [3.63, 3.8) is 0 Å². The van der Waals surface area contributed by atoms with Gasteiger partial charge in [0.25, 0.3) is 5.91 Å². The van der Waals surface area contributed by atoms with Gasteiger partial charge in [0.05, 0.1) is 17.6 Å². The van der Waals surface area contributed by atoms with Crippen LogP contribution in [-0.2, 0) is 13.2 Å². The highest BCUT2D eigenvalue weighted by molar-refractivity contribution is 7.20. The molecule has 4 aromatic rings. The molecule has 2 heterocycles. The van der Waals surface area contributed by atoms with Crippen LogP contribution >= 0.6 is 11.3 Å². The zero-order valence-corrected chi connectivity index (χ0v) is 16.8. The second kappa shape index (κ2) is 7.49. The smallest absolute Gasteiger partial charge is 0.416 e. The van der Waals surface area contributed by atoms with Crippen LogP contribution in [0.4, 0.5) is 18.9 Å². The lowest BCUT2D eigenvalue weighted by Gasteiger charge is -2.08. The molecule has 0 atom stereocenters. The molecular weight excluding hydrogens is 415 g/mol. The highest BCUT2D eigenvalue weighted by Gasteiger charge is 2.30. The third kappa shape index (κ3) is 3.76. The minimum atomic E-state index is -4.42. The number of halogens is 3. The van der Waals surface area contributed by atoms with E-state index < -0.39 is 17.6 Å². The van der Waals surface area contributed by atoms with E-state index >= 15 is 0 Å². The van der Waals surface area contributed by atoms with Crippen molar-refractivity contribution in [2.45, 2.75) is 6.18 Å². The highest BCUT2D eigenvalue weighted by Crippen LogP contribution is 2.35. The van der Waals surface area contributed by atoms with Crippen molar-refractivity contribution in [2.75, 3.05) is 12.4 Å². The van der Waals surface area contributed by atoms with Gasteiger partial charge in [-0.05, 0) is 42.5 Å². The molecule has 1 amide bonds. The number of methoxy groups -OCH3 is 1. The molecule has 1 N–H and O–H groups in total. The summed E-state index contributed by atoms with van der Waals surface area (Å²) in [6.45, 7) is 0. The number of nitrogens with one attached hydrogen (secondary N) is 1. The van der Waals surface area contributed by atoms with Gasteiger partial charge in [0.2, 0.25) is 0 Å². The Labute approximate surface area is 173 Å². The van der Waals surface area contributed by atoms with Gasteiger partial charge in [0, 0.05) is 23.7 Å². The fourth-order valence-corrected chi connectivity index (χ4v) is 4.04. The number of carbonyl (C=O) groups excluding carboxylic acids is 1. The van der Waals surface area contributed by atoms with Crippen LogP contribution in [-0.4, -0.2) is 22.8 Å². The molecule has 0 fully saturated rings. The third-order valence-corrected chi connectivity index (χ3v) is 5.75. The molecule has 5 nitrogen and oxygen atoms in total. The molecule has 0 bridgehead atoms. The van der Waals surface area contributed by atoms with Gasteiger partial charge in [-0.2, -0.15) is 18.3 Å². The summed E-state index contributed by atoms with van der Waals surface area (Å²) in [7, 11) is 3.38. The molecule has 2 aromatic carbocycles. The number of hydrogen-bond donors (Lipinski definition) is 1. The van der Waals surface area contributed by atoms with Crippen LogP contribution in [0.5, 0.6) is 5.75 Å². The second-order valence-electron chi connectivity index (χ2n) is 6.56. The molecule has 0 unspecified atom stereocenters. The minimum absolute atomic E-state index is 0.289. The third-order valence-electron chi connectivity index (χ3n) is 4.55. The van der Waals surface area contributed by atoms with E-state index in [1.807, 2.05) is 24.3 Å². The first-order valence-electron chi connectivity index (χ1n) is 8.86. The number of benzene rings is 2. The summed E-state index contributed by atoms with van der Waals surface area (Å²) in [5.74, 6) is 0.300. The Balaban J connectivity index is 1.63. The molecule has 4 rings (SSSR count). The molecule has 0 aliphatic rings.